The number of carbonyl (C=O) groups is 1. The molecule has 2 heterocycles. The molecule has 3 aromatic rings. The van der Waals surface area contributed by atoms with Gasteiger partial charge in [0.15, 0.2) is 5.76 Å². The van der Waals surface area contributed by atoms with Crippen LogP contribution in [0.25, 0.3) is 0 Å². The van der Waals surface area contributed by atoms with E-state index in [0.29, 0.717) is 12.3 Å². The maximum Gasteiger partial charge on any atom is 0.287 e. The van der Waals surface area contributed by atoms with Gasteiger partial charge in [0.05, 0.1) is 6.54 Å². The average Bonchev–Trinajstić information content (AvgIpc) is 3.21. The number of nitrogens with one attached hydrogen (secondary N) is 1. The Morgan fingerprint density at radius 2 is 2.08 bits per heavy atom. The molecule has 24 heavy (non-hydrogen) atoms. The highest BCUT2D eigenvalue weighted by Crippen LogP contribution is 2.18. The van der Waals surface area contributed by atoms with Gasteiger partial charge >= 0.3 is 0 Å². The fourth-order valence-electron chi connectivity index (χ4n) is 1.99. The largest absolute Gasteiger partial charge is 0.486 e. The molecule has 124 valence electrons. The number of ether oxygens (including phenoxy) is 1. The molecule has 0 bridgehead atoms. The summed E-state index contributed by atoms with van der Waals surface area (Å²) in [5.74, 6) is 1.32. The van der Waals surface area contributed by atoms with Crippen LogP contribution in [0.5, 0.6) is 5.75 Å². The van der Waals surface area contributed by atoms with Gasteiger partial charge in [-0.3, -0.25) is 4.79 Å². The summed E-state index contributed by atoms with van der Waals surface area (Å²) in [6.07, 6.45) is 0. The number of furan rings is 1. The quantitative estimate of drug-likeness (QED) is 0.661. The van der Waals surface area contributed by atoms with E-state index in [9.17, 15) is 4.79 Å². The van der Waals surface area contributed by atoms with Crippen LogP contribution in [0.3, 0.4) is 0 Å². The zero-order valence-electron chi connectivity index (χ0n) is 12.9. The van der Waals surface area contributed by atoms with Gasteiger partial charge in [-0.15, -0.1) is 11.3 Å². The molecule has 5 nitrogen and oxygen atoms in total. The van der Waals surface area contributed by atoms with Crippen molar-refractivity contribution in [3.05, 3.63) is 68.5 Å². The second kappa shape index (κ2) is 7.63. The third-order valence-corrected chi connectivity index (χ3v) is 4.64. The Bertz CT molecular complexity index is 826. The van der Waals surface area contributed by atoms with Crippen LogP contribution < -0.4 is 10.1 Å². The average molecular weight is 407 g/mol. The Hall–Kier alpha value is -2.12. The Kier molecular flexibility index (Phi) is 5.32. The SMILES string of the molecule is Cc1csc(CNC(=O)c2ccc(COc3ccc(Br)cc3)o2)n1. The number of aryl methyl sites for hydroxylation is 1. The van der Waals surface area contributed by atoms with Crippen LogP contribution in [0.15, 0.2) is 50.7 Å². The molecule has 0 atom stereocenters. The van der Waals surface area contributed by atoms with E-state index in [-0.39, 0.29) is 18.3 Å². The lowest BCUT2D eigenvalue weighted by molar-refractivity contribution is 0.0919. The highest BCUT2D eigenvalue weighted by Gasteiger charge is 2.12. The van der Waals surface area contributed by atoms with Crippen molar-refractivity contribution in [2.75, 3.05) is 0 Å². The van der Waals surface area contributed by atoms with Gasteiger partial charge in [0, 0.05) is 15.5 Å². The molecule has 0 spiro atoms. The van der Waals surface area contributed by atoms with Gasteiger partial charge in [-0.2, -0.15) is 0 Å². The summed E-state index contributed by atoms with van der Waals surface area (Å²) >= 11 is 4.89. The van der Waals surface area contributed by atoms with Crippen LogP contribution in [0, 0.1) is 6.92 Å². The van der Waals surface area contributed by atoms with Crippen molar-refractivity contribution in [1.82, 2.24) is 10.3 Å². The van der Waals surface area contributed by atoms with E-state index < -0.39 is 0 Å². The van der Waals surface area contributed by atoms with Crippen LogP contribution >= 0.6 is 27.3 Å². The van der Waals surface area contributed by atoms with Crippen LogP contribution in [0.1, 0.15) is 27.0 Å². The smallest absolute Gasteiger partial charge is 0.287 e. The fourth-order valence-corrected chi connectivity index (χ4v) is 2.97. The van der Waals surface area contributed by atoms with Crippen LogP contribution in [-0.2, 0) is 13.2 Å². The normalized spacial score (nSPS) is 10.6. The van der Waals surface area contributed by atoms with Gasteiger partial charge in [0.1, 0.15) is 23.1 Å². The Morgan fingerprint density at radius 3 is 2.79 bits per heavy atom. The van der Waals surface area contributed by atoms with E-state index in [1.165, 1.54) is 11.3 Å². The number of thiazole rings is 1. The molecule has 0 unspecified atom stereocenters. The number of amides is 1. The van der Waals surface area contributed by atoms with Crippen LogP contribution in [0.4, 0.5) is 0 Å². The number of halogens is 1. The van der Waals surface area contributed by atoms with Crippen molar-refractivity contribution in [3.63, 3.8) is 0 Å². The van der Waals surface area contributed by atoms with Crippen LogP contribution in [-0.4, -0.2) is 10.9 Å². The van der Waals surface area contributed by atoms with Crippen molar-refractivity contribution in [2.45, 2.75) is 20.1 Å². The Balaban J connectivity index is 1.52. The van der Waals surface area contributed by atoms with Crippen molar-refractivity contribution in [1.29, 1.82) is 0 Å². The molecule has 0 fully saturated rings. The lowest BCUT2D eigenvalue weighted by Gasteiger charge is -2.04. The molecule has 7 heteroatoms. The third kappa shape index (κ3) is 4.46. The van der Waals surface area contributed by atoms with E-state index in [1.807, 2.05) is 36.6 Å². The molecular weight excluding hydrogens is 392 g/mol. The second-order valence-electron chi connectivity index (χ2n) is 5.07. The fraction of sp³-hybridized carbons (Fsp3) is 0.176. The summed E-state index contributed by atoms with van der Waals surface area (Å²) in [6.45, 7) is 2.58. The summed E-state index contributed by atoms with van der Waals surface area (Å²) in [5.41, 5.74) is 0.953. The minimum absolute atomic E-state index is 0.262. The number of hydrogen-bond acceptors (Lipinski definition) is 5. The van der Waals surface area contributed by atoms with E-state index in [4.69, 9.17) is 9.15 Å². The number of rotatable bonds is 6. The minimum atomic E-state index is -0.266. The van der Waals surface area contributed by atoms with Crippen LogP contribution in [0.2, 0.25) is 0 Å². The van der Waals surface area contributed by atoms with E-state index in [0.717, 1.165) is 20.9 Å². The molecule has 0 aliphatic rings. The highest BCUT2D eigenvalue weighted by molar-refractivity contribution is 9.10. The zero-order valence-corrected chi connectivity index (χ0v) is 15.3. The maximum absolute atomic E-state index is 12.1. The van der Waals surface area contributed by atoms with E-state index in [1.54, 1.807) is 12.1 Å². The number of hydrogen-bond donors (Lipinski definition) is 1. The van der Waals surface area contributed by atoms with Gasteiger partial charge in [-0.05, 0) is 43.3 Å². The molecule has 0 saturated heterocycles. The minimum Gasteiger partial charge on any atom is -0.486 e. The van der Waals surface area contributed by atoms with Crippen molar-refractivity contribution < 1.29 is 13.9 Å². The highest BCUT2D eigenvalue weighted by atomic mass is 79.9. The number of benzene rings is 1. The molecular formula is C17H15BrN2O3S. The number of nitrogens with zero attached hydrogens (tertiary/aromatic N) is 1. The van der Waals surface area contributed by atoms with Crippen molar-refractivity contribution in [3.8, 4) is 5.75 Å². The first-order valence-corrected chi connectivity index (χ1v) is 8.94. The topological polar surface area (TPSA) is 64.4 Å². The monoisotopic (exact) mass is 406 g/mol. The lowest BCUT2D eigenvalue weighted by atomic mass is 10.3. The molecule has 0 aliphatic heterocycles. The summed E-state index contributed by atoms with van der Waals surface area (Å²) in [6, 6.07) is 10.9. The van der Waals surface area contributed by atoms with Gasteiger partial charge < -0.3 is 14.5 Å². The van der Waals surface area contributed by atoms with Crippen molar-refractivity contribution >= 4 is 33.2 Å². The molecule has 1 aromatic carbocycles. The third-order valence-electron chi connectivity index (χ3n) is 3.15. The molecule has 2 aromatic heterocycles. The first-order valence-electron chi connectivity index (χ1n) is 7.26. The van der Waals surface area contributed by atoms with Gasteiger partial charge in [-0.1, -0.05) is 15.9 Å². The van der Waals surface area contributed by atoms with Gasteiger partial charge in [-0.25, -0.2) is 4.98 Å². The lowest BCUT2D eigenvalue weighted by Crippen LogP contribution is -2.22. The van der Waals surface area contributed by atoms with Gasteiger partial charge in [0.2, 0.25) is 0 Å². The first-order chi connectivity index (χ1) is 11.6. The van der Waals surface area contributed by atoms with E-state index >= 15 is 0 Å². The summed E-state index contributed by atoms with van der Waals surface area (Å²) in [7, 11) is 0. The Labute approximate surface area is 151 Å². The summed E-state index contributed by atoms with van der Waals surface area (Å²) < 4.78 is 12.1. The Morgan fingerprint density at radius 1 is 1.29 bits per heavy atom. The summed E-state index contributed by atoms with van der Waals surface area (Å²) in [5, 5.41) is 5.61. The predicted molar refractivity (Wildman–Crippen MR) is 95.2 cm³/mol. The molecule has 0 radical (unpaired) electrons. The standard InChI is InChI=1S/C17H15BrN2O3S/c1-11-10-24-16(20-11)8-19-17(21)15-7-6-14(23-15)9-22-13-4-2-12(18)3-5-13/h2-7,10H,8-9H2,1H3,(H,19,21). The second-order valence-corrected chi connectivity index (χ2v) is 6.93. The number of carbonyl (C=O) groups excluding carboxylic acids is 1. The summed E-state index contributed by atoms with van der Waals surface area (Å²) in [4.78, 5) is 16.4. The zero-order chi connectivity index (χ0) is 16.9. The molecule has 3 rings (SSSR count). The molecule has 1 N–H and O–H groups in total. The maximum atomic E-state index is 12.1. The molecule has 0 saturated carbocycles. The first kappa shape index (κ1) is 16.7. The van der Waals surface area contributed by atoms with Crippen molar-refractivity contribution in [2.24, 2.45) is 0 Å². The predicted octanol–water partition coefficient (Wildman–Crippen LogP) is 4.32. The molecule has 1 amide bonds. The van der Waals surface area contributed by atoms with Gasteiger partial charge in [0.25, 0.3) is 5.91 Å². The molecule has 0 aliphatic carbocycles. The van der Waals surface area contributed by atoms with E-state index in [2.05, 4.69) is 26.2 Å². The number of aromatic nitrogens is 1.